The van der Waals surface area contributed by atoms with Crippen molar-refractivity contribution in [2.24, 2.45) is 11.3 Å². The van der Waals surface area contributed by atoms with E-state index in [2.05, 4.69) is 43.4 Å². The maximum Gasteiger partial charge on any atom is 0.308 e. The first kappa shape index (κ1) is 20.7. The highest BCUT2D eigenvalue weighted by Gasteiger charge is 2.20. The summed E-state index contributed by atoms with van der Waals surface area (Å²) in [5.74, 6) is 0.00272. The van der Waals surface area contributed by atoms with Gasteiger partial charge in [0.2, 0.25) is 0 Å². The molecule has 1 atom stereocenters. The monoisotopic (exact) mass is 332 g/mol. The fraction of sp³-hybridized carbons (Fsp3) is 0.682. The van der Waals surface area contributed by atoms with Crippen molar-refractivity contribution in [1.82, 2.24) is 0 Å². The van der Waals surface area contributed by atoms with Crippen LogP contribution in [-0.2, 0) is 9.53 Å². The van der Waals surface area contributed by atoms with Crippen molar-refractivity contribution in [3.05, 3.63) is 36.5 Å². The largest absolute Gasteiger partial charge is 0.466 e. The van der Waals surface area contributed by atoms with Crippen LogP contribution in [0.15, 0.2) is 36.5 Å². The third-order valence-electron chi connectivity index (χ3n) is 4.73. The Hall–Kier alpha value is -1.31. The summed E-state index contributed by atoms with van der Waals surface area (Å²) < 4.78 is 5.05. The SMILES string of the molecule is CC/C=C\C1(CCCCCCCC(C)C(=O)OCC)C=CCC=C1. The number of rotatable bonds is 12. The van der Waals surface area contributed by atoms with Crippen LogP contribution in [0.4, 0.5) is 0 Å². The Morgan fingerprint density at radius 3 is 2.46 bits per heavy atom. The van der Waals surface area contributed by atoms with Gasteiger partial charge in [-0.1, -0.05) is 82.4 Å². The smallest absolute Gasteiger partial charge is 0.308 e. The number of allylic oxidation sites excluding steroid dienone is 6. The molecule has 136 valence electrons. The van der Waals surface area contributed by atoms with Gasteiger partial charge >= 0.3 is 5.97 Å². The third-order valence-corrected chi connectivity index (χ3v) is 4.73. The van der Waals surface area contributed by atoms with Gasteiger partial charge in [0.25, 0.3) is 0 Å². The van der Waals surface area contributed by atoms with E-state index in [0.29, 0.717) is 6.61 Å². The highest BCUT2D eigenvalue weighted by Crippen LogP contribution is 2.33. The molecule has 24 heavy (non-hydrogen) atoms. The Morgan fingerprint density at radius 1 is 1.12 bits per heavy atom. The molecule has 1 aliphatic rings. The van der Waals surface area contributed by atoms with Crippen LogP contribution in [0, 0.1) is 11.3 Å². The van der Waals surface area contributed by atoms with Crippen LogP contribution in [0.3, 0.4) is 0 Å². The van der Waals surface area contributed by atoms with Gasteiger partial charge in [0.1, 0.15) is 0 Å². The normalized spacial score (nSPS) is 17.3. The molecule has 2 nitrogen and oxygen atoms in total. The zero-order valence-electron chi connectivity index (χ0n) is 15.9. The Bertz CT molecular complexity index is 419. The first-order chi connectivity index (χ1) is 11.6. The van der Waals surface area contributed by atoms with Gasteiger partial charge in [0.15, 0.2) is 0 Å². The predicted molar refractivity (Wildman–Crippen MR) is 103 cm³/mol. The highest BCUT2D eigenvalue weighted by atomic mass is 16.5. The zero-order chi connectivity index (χ0) is 17.7. The minimum atomic E-state index is -0.0435. The maximum absolute atomic E-state index is 11.6. The Labute approximate surface area is 149 Å². The van der Waals surface area contributed by atoms with Crippen molar-refractivity contribution < 1.29 is 9.53 Å². The number of carbonyl (C=O) groups is 1. The minimum Gasteiger partial charge on any atom is -0.466 e. The average Bonchev–Trinajstić information content (AvgIpc) is 2.60. The number of unbranched alkanes of at least 4 members (excludes halogenated alkanes) is 4. The molecule has 0 spiro atoms. The van der Waals surface area contributed by atoms with E-state index in [1.807, 2.05) is 13.8 Å². The van der Waals surface area contributed by atoms with Crippen LogP contribution in [0.25, 0.3) is 0 Å². The minimum absolute atomic E-state index is 0.0435. The molecule has 0 saturated heterocycles. The first-order valence-corrected chi connectivity index (χ1v) is 9.83. The molecule has 2 heteroatoms. The second kappa shape index (κ2) is 12.1. The fourth-order valence-electron chi connectivity index (χ4n) is 3.22. The van der Waals surface area contributed by atoms with E-state index in [4.69, 9.17) is 4.74 Å². The first-order valence-electron chi connectivity index (χ1n) is 9.83. The summed E-state index contributed by atoms with van der Waals surface area (Å²) >= 11 is 0. The van der Waals surface area contributed by atoms with Crippen molar-refractivity contribution in [3.8, 4) is 0 Å². The molecule has 1 aliphatic carbocycles. The molecular formula is C22H36O2. The number of ether oxygens (including phenoxy) is 1. The van der Waals surface area contributed by atoms with E-state index in [1.165, 1.54) is 32.1 Å². The molecule has 0 aliphatic heterocycles. The lowest BCUT2D eigenvalue weighted by Gasteiger charge is -2.26. The molecule has 0 fully saturated rings. The predicted octanol–water partition coefficient (Wildman–Crippen LogP) is 6.39. The van der Waals surface area contributed by atoms with E-state index >= 15 is 0 Å². The Balaban J connectivity index is 2.17. The molecule has 0 aromatic heterocycles. The number of esters is 1. The maximum atomic E-state index is 11.6. The molecule has 0 N–H and O–H groups in total. The molecule has 0 heterocycles. The molecule has 0 amide bonds. The Kier molecular flexibility index (Phi) is 10.5. The summed E-state index contributed by atoms with van der Waals surface area (Å²) in [6.45, 7) is 6.52. The second-order valence-corrected chi connectivity index (χ2v) is 6.92. The number of carbonyl (C=O) groups excluding carboxylic acids is 1. The van der Waals surface area contributed by atoms with Gasteiger partial charge in [0.05, 0.1) is 12.5 Å². The van der Waals surface area contributed by atoms with Crippen LogP contribution in [-0.4, -0.2) is 12.6 Å². The summed E-state index contributed by atoms with van der Waals surface area (Å²) in [4.78, 5) is 11.6. The van der Waals surface area contributed by atoms with Crippen molar-refractivity contribution >= 4 is 5.97 Å². The lowest BCUT2D eigenvalue weighted by Crippen LogP contribution is -2.14. The molecule has 0 aromatic rings. The molecule has 0 aromatic carbocycles. The zero-order valence-corrected chi connectivity index (χ0v) is 15.9. The van der Waals surface area contributed by atoms with Gasteiger partial charge in [-0.25, -0.2) is 0 Å². The topological polar surface area (TPSA) is 26.3 Å². The van der Waals surface area contributed by atoms with Gasteiger partial charge in [-0.15, -0.1) is 0 Å². The van der Waals surface area contributed by atoms with E-state index in [-0.39, 0.29) is 17.3 Å². The summed E-state index contributed by atoms with van der Waals surface area (Å²) in [5.41, 5.74) is 0.159. The van der Waals surface area contributed by atoms with Gasteiger partial charge < -0.3 is 4.74 Å². The van der Waals surface area contributed by atoms with Crippen molar-refractivity contribution in [3.63, 3.8) is 0 Å². The summed E-state index contributed by atoms with van der Waals surface area (Å²) in [7, 11) is 0. The van der Waals surface area contributed by atoms with Gasteiger partial charge in [0, 0.05) is 5.41 Å². The molecule has 1 rings (SSSR count). The van der Waals surface area contributed by atoms with Gasteiger partial charge in [-0.3, -0.25) is 4.79 Å². The van der Waals surface area contributed by atoms with Crippen molar-refractivity contribution in [2.75, 3.05) is 6.61 Å². The fourth-order valence-corrected chi connectivity index (χ4v) is 3.22. The van der Waals surface area contributed by atoms with Crippen LogP contribution in [0.1, 0.15) is 78.6 Å². The molecular weight excluding hydrogens is 296 g/mol. The van der Waals surface area contributed by atoms with Crippen molar-refractivity contribution in [2.45, 2.75) is 78.6 Å². The summed E-state index contributed by atoms with van der Waals surface area (Å²) in [5, 5.41) is 0. The molecule has 1 unspecified atom stereocenters. The van der Waals surface area contributed by atoms with E-state index in [1.54, 1.807) is 0 Å². The average molecular weight is 333 g/mol. The van der Waals surface area contributed by atoms with Crippen LogP contribution in [0.5, 0.6) is 0 Å². The van der Waals surface area contributed by atoms with E-state index in [0.717, 1.165) is 25.7 Å². The molecule has 0 saturated carbocycles. The highest BCUT2D eigenvalue weighted by molar-refractivity contribution is 5.71. The summed E-state index contributed by atoms with van der Waals surface area (Å²) in [6.07, 6.45) is 24.5. The number of hydrogen-bond donors (Lipinski definition) is 0. The molecule has 0 bridgehead atoms. The lowest BCUT2D eigenvalue weighted by molar-refractivity contribution is -0.147. The third kappa shape index (κ3) is 7.99. The van der Waals surface area contributed by atoms with E-state index < -0.39 is 0 Å². The second-order valence-electron chi connectivity index (χ2n) is 6.92. The van der Waals surface area contributed by atoms with Crippen LogP contribution >= 0.6 is 0 Å². The lowest BCUT2D eigenvalue weighted by atomic mass is 9.79. The number of hydrogen-bond acceptors (Lipinski definition) is 2. The van der Waals surface area contributed by atoms with Gasteiger partial charge in [-0.05, 0) is 32.6 Å². The standard InChI is InChI=1S/C22H36O2/c1-4-6-16-22(18-13-10-14-19-22)17-12-9-7-8-11-15-20(3)21(23)24-5-2/h6,13-14,16,18-20H,4-5,7-12,15,17H2,1-3H3/b16-6-. The van der Waals surface area contributed by atoms with E-state index in [9.17, 15) is 4.79 Å². The quantitative estimate of drug-likeness (QED) is 0.235. The summed E-state index contributed by atoms with van der Waals surface area (Å²) in [6, 6.07) is 0. The Morgan fingerprint density at radius 2 is 1.79 bits per heavy atom. The van der Waals surface area contributed by atoms with Crippen molar-refractivity contribution in [1.29, 1.82) is 0 Å². The van der Waals surface area contributed by atoms with Gasteiger partial charge in [-0.2, -0.15) is 0 Å². The molecule has 0 radical (unpaired) electrons. The van der Waals surface area contributed by atoms with Crippen LogP contribution < -0.4 is 0 Å². The van der Waals surface area contributed by atoms with Crippen LogP contribution in [0.2, 0.25) is 0 Å².